The molecule has 0 saturated carbocycles. The van der Waals surface area contributed by atoms with Gasteiger partial charge in [0.25, 0.3) is 0 Å². The molecule has 1 heterocycles. The lowest BCUT2D eigenvalue weighted by atomic mass is 10.3. The van der Waals surface area contributed by atoms with E-state index in [1.165, 1.54) is 12.8 Å². The Morgan fingerprint density at radius 1 is 1.73 bits per heavy atom. The monoisotopic (exact) mass is 187 g/mol. The first-order valence-corrected chi connectivity index (χ1v) is 5.33. The van der Waals surface area contributed by atoms with Crippen LogP contribution in [-0.4, -0.2) is 22.2 Å². The van der Waals surface area contributed by atoms with Crippen LogP contribution < -0.4 is 0 Å². The smallest absolute Gasteiger partial charge is 0.107 e. The van der Waals surface area contributed by atoms with Gasteiger partial charge >= 0.3 is 0 Å². The zero-order valence-electron chi connectivity index (χ0n) is 6.69. The number of hydrogen-bond acceptors (Lipinski definition) is 3. The summed E-state index contributed by atoms with van der Waals surface area (Å²) in [5, 5.41) is 4.36. The molecular formula is C8H13NS2. The molecule has 62 valence electrons. The van der Waals surface area contributed by atoms with Gasteiger partial charge in [-0.2, -0.15) is 0 Å². The highest BCUT2D eigenvalue weighted by atomic mass is 32.2. The Morgan fingerprint density at radius 3 is 3.18 bits per heavy atom. The van der Waals surface area contributed by atoms with Crippen LogP contribution in [-0.2, 0) is 0 Å². The van der Waals surface area contributed by atoms with E-state index in [1.54, 1.807) is 11.8 Å². The van der Waals surface area contributed by atoms with Crippen molar-refractivity contribution in [3.63, 3.8) is 0 Å². The Morgan fingerprint density at radius 2 is 2.55 bits per heavy atom. The predicted octanol–water partition coefficient (Wildman–Crippen LogP) is 2.63. The van der Waals surface area contributed by atoms with Crippen LogP contribution >= 0.6 is 24.0 Å². The molecule has 0 saturated heterocycles. The average Bonchev–Trinajstić information content (AvgIpc) is 2.47. The van der Waals surface area contributed by atoms with Gasteiger partial charge in [-0.1, -0.05) is 25.6 Å². The van der Waals surface area contributed by atoms with E-state index >= 15 is 0 Å². The van der Waals surface area contributed by atoms with Gasteiger partial charge in [-0.25, -0.2) is 0 Å². The molecule has 1 atom stereocenters. The van der Waals surface area contributed by atoms with Crippen molar-refractivity contribution in [3.8, 4) is 0 Å². The lowest BCUT2D eigenvalue weighted by Gasteiger charge is -2.20. The Hall–Kier alpha value is -0.0200. The summed E-state index contributed by atoms with van der Waals surface area (Å²) >= 11 is 6.70. The molecule has 1 nitrogen and oxygen atoms in total. The minimum Gasteiger partial charge on any atom is -0.361 e. The van der Waals surface area contributed by atoms with Crippen LogP contribution in [0.25, 0.3) is 0 Å². The van der Waals surface area contributed by atoms with E-state index in [1.807, 2.05) is 5.37 Å². The summed E-state index contributed by atoms with van der Waals surface area (Å²) in [6, 6.07) is 0. The second-order valence-corrected chi connectivity index (χ2v) is 3.84. The lowest BCUT2D eigenvalue weighted by Crippen LogP contribution is -2.26. The van der Waals surface area contributed by atoms with Gasteiger partial charge in [-0.15, -0.1) is 11.8 Å². The van der Waals surface area contributed by atoms with Crippen molar-refractivity contribution in [1.29, 1.82) is 0 Å². The van der Waals surface area contributed by atoms with Gasteiger partial charge in [0.15, 0.2) is 0 Å². The van der Waals surface area contributed by atoms with Crippen LogP contribution in [0, 0.1) is 0 Å². The van der Waals surface area contributed by atoms with Crippen molar-refractivity contribution in [2.75, 3.05) is 6.54 Å². The number of rotatable bonds is 4. The molecule has 1 aliphatic rings. The second-order valence-electron chi connectivity index (χ2n) is 2.54. The topological polar surface area (TPSA) is 3.24 Å². The number of hydrogen-bond donors (Lipinski definition) is 0. The van der Waals surface area contributed by atoms with Crippen molar-refractivity contribution in [2.45, 2.75) is 25.1 Å². The SMILES string of the molecule is CCCCN1C=CSC1C=S. The zero-order valence-corrected chi connectivity index (χ0v) is 8.33. The fourth-order valence-corrected chi connectivity index (χ4v) is 2.14. The highest BCUT2D eigenvalue weighted by Crippen LogP contribution is 2.23. The summed E-state index contributed by atoms with van der Waals surface area (Å²) in [7, 11) is 0. The Balaban J connectivity index is 2.30. The second kappa shape index (κ2) is 4.78. The molecule has 0 aliphatic carbocycles. The van der Waals surface area contributed by atoms with E-state index in [4.69, 9.17) is 12.2 Å². The Labute approximate surface area is 77.8 Å². The summed E-state index contributed by atoms with van der Waals surface area (Å²) in [4.78, 5) is 2.29. The van der Waals surface area contributed by atoms with E-state index in [9.17, 15) is 0 Å². The third kappa shape index (κ3) is 2.49. The van der Waals surface area contributed by atoms with Gasteiger partial charge in [0.2, 0.25) is 0 Å². The van der Waals surface area contributed by atoms with Crippen LogP contribution in [0.4, 0.5) is 0 Å². The normalized spacial score (nSPS) is 22.6. The first-order valence-electron chi connectivity index (χ1n) is 3.91. The fraction of sp³-hybridized carbons (Fsp3) is 0.625. The molecule has 0 spiro atoms. The van der Waals surface area contributed by atoms with Crippen LogP contribution in [0.1, 0.15) is 19.8 Å². The van der Waals surface area contributed by atoms with Crippen molar-refractivity contribution in [3.05, 3.63) is 11.6 Å². The summed E-state index contributed by atoms with van der Waals surface area (Å²) in [5.74, 6) is 0. The first-order chi connectivity index (χ1) is 5.38. The van der Waals surface area contributed by atoms with Gasteiger partial charge in [0.05, 0.1) is 0 Å². The molecule has 0 N–H and O–H groups in total. The first kappa shape index (κ1) is 9.07. The Kier molecular flexibility index (Phi) is 3.94. The maximum Gasteiger partial charge on any atom is 0.107 e. The Bertz CT molecular complexity index is 156. The molecule has 0 radical (unpaired) electrons. The van der Waals surface area contributed by atoms with Crippen molar-refractivity contribution < 1.29 is 0 Å². The molecule has 1 rings (SSSR count). The number of nitrogens with zero attached hydrogens (tertiary/aromatic N) is 1. The number of thioether (sulfide) groups is 1. The molecule has 11 heavy (non-hydrogen) atoms. The van der Waals surface area contributed by atoms with Gasteiger partial charge in [0, 0.05) is 18.1 Å². The largest absolute Gasteiger partial charge is 0.361 e. The van der Waals surface area contributed by atoms with Gasteiger partial charge in [-0.05, 0) is 11.8 Å². The maximum absolute atomic E-state index is 4.91. The van der Waals surface area contributed by atoms with E-state index < -0.39 is 0 Å². The fourth-order valence-electron chi connectivity index (χ4n) is 1.01. The molecule has 1 aliphatic heterocycles. The highest BCUT2D eigenvalue weighted by molar-refractivity contribution is 8.04. The summed E-state index contributed by atoms with van der Waals surface area (Å²) in [5.41, 5.74) is 0. The van der Waals surface area contributed by atoms with Gasteiger partial charge in [0.1, 0.15) is 5.37 Å². The van der Waals surface area contributed by atoms with E-state index in [-0.39, 0.29) is 0 Å². The van der Waals surface area contributed by atoms with E-state index in [2.05, 4.69) is 23.4 Å². The summed E-state index contributed by atoms with van der Waals surface area (Å²) < 4.78 is 0. The van der Waals surface area contributed by atoms with Crippen molar-refractivity contribution >= 4 is 29.3 Å². The van der Waals surface area contributed by atoms with Gasteiger partial charge in [-0.3, -0.25) is 0 Å². The molecule has 0 aromatic rings. The van der Waals surface area contributed by atoms with Crippen LogP contribution in [0.3, 0.4) is 0 Å². The van der Waals surface area contributed by atoms with Crippen molar-refractivity contribution in [1.82, 2.24) is 4.90 Å². The quantitative estimate of drug-likeness (QED) is 0.623. The standard InChI is InChI=1S/C8H13NS2/c1-2-3-4-9-5-6-11-8(9)7-10/h5-8H,2-4H2,1H3. The summed E-state index contributed by atoms with van der Waals surface area (Å²) in [6.45, 7) is 3.34. The molecule has 0 aromatic carbocycles. The minimum atomic E-state index is 0.413. The molecule has 0 bridgehead atoms. The highest BCUT2D eigenvalue weighted by Gasteiger charge is 2.15. The average molecular weight is 187 g/mol. The third-order valence-electron chi connectivity index (χ3n) is 1.68. The molecule has 1 unspecified atom stereocenters. The van der Waals surface area contributed by atoms with Crippen LogP contribution in [0.15, 0.2) is 11.6 Å². The minimum absolute atomic E-state index is 0.413. The zero-order chi connectivity index (χ0) is 8.10. The van der Waals surface area contributed by atoms with E-state index in [0.29, 0.717) is 5.37 Å². The molecule has 0 aromatic heterocycles. The maximum atomic E-state index is 4.91. The lowest BCUT2D eigenvalue weighted by molar-refractivity contribution is 0.404. The number of thiocarbonyl (C=S) groups is 1. The third-order valence-corrected chi connectivity index (χ3v) is 3.08. The molecule has 3 heteroatoms. The molecular weight excluding hydrogens is 174 g/mol. The number of unbranched alkanes of at least 4 members (excludes halogenated alkanes) is 1. The van der Waals surface area contributed by atoms with Crippen LogP contribution in [0.5, 0.6) is 0 Å². The molecule has 0 fully saturated rings. The molecule has 0 amide bonds. The van der Waals surface area contributed by atoms with E-state index in [0.717, 1.165) is 6.54 Å². The predicted molar refractivity (Wildman–Crippen MR) is 55.8 cm³/mol. The van der Waals surface area contributed by atoms with Crippen molar-refractivity contribution in [2.24, 2.45) is 0 Å². The van der Waals surface area contributed by atoms with Gasteiger partial charge < -0.3 is 4.90 Å². The summed E-state index contributed by atoms with van der Waals surface area (Å²) in [6.07, 6.45) is 4.64. The van der Waals surface area contributed by atoms with Crippen LogP contribution in [0.2, 0.25) is 0 Å².